The molecule has 0 saturated carbocycles. The Morgan fingerprint density at radius 1 is 1.43 bits per heavy atom. The quantitative estimate of drug-likeness (QED) is 0.799. The zero-order valence-electron chi connectivity index (χ0n) is 12.1. The maximum Gasteiger partial charge on any atom is 0.172 e. The smallest absolute Gasteiger partial charge is 0.172 e. The molecule has 21 heavy (non-hydrogen) atoms. The van der Waals surface area contributed by atoms with Crippen LogP contribution in [-0.2, 0) is 4.74 Å². The van der Waals surface area contributed by atoms with Gasteiger partial charge in [0.1, 0.15) is 5.82 Å². The van der Waals surface area contributed by atoms with Gasteiger partial charge < -0.3 is 9.84 Å². The molecule has 0 aliphatic carbocycles. The zero-order valence-corrected chi connectivity index (χ0v) is 12.9. The predicted molar refractivity (Wildman–Crippen MR) is 81.3 cm³/mol. The van der Waals surface area contributed by atoms with Gasteiger partial charge in [0.05, 0.1) is 24.5 Å². The van der Waals surface area contributed by atoms with Gasteiger partial charge in [0.25, 0.3) is 0 Å². The molecule has 0 radical (unpaired) electrons. The van der Waals surface area contributed by atoms with E-state index in [2.05, 4.69) is 4.98 Å². The van der Waals surface area contributed by atoms with Crippen molar-refractivity contribution < 1.29 is 14.2 Å². The highest BCUT2D eigenvalue weighted by Crippen LogP contribution is 2.21. The number of imidazole rings is 1. The van der Waals surface area contributed by atoms with E-state index in [0.717, 1.165) is 0 Å². The summed E-state index contributed by atoms with van der Waals surface area (Å²) in [6, 6.07) is 6.32. The highest BCUT2D eigenvalue weighted by molar-refractivity contribution is 7.99. The fourth-order valence-corrected chi connectivity index (χ4v) is 2.62. The van der Waals surface area contributed by atoms with E-state index < -0.39 is 6.10 Å². The second-order valence-corrected chi connectivity index (χ2v) is 5.89. The lowest BCUT2D eigenvalue weighted by Gasteiger charge is -2.13. The number of thioether (sulfide) groups is 1. The average molecular weight is 310 g/mol. The summed E-state index contributed by atoms with van der Waals surface area (Å²) >= 11 is 1.41. The largest absolute Gasteiger partial charge is 0.390 e. The van der Waals surface area contributed by atoms with Gasteiger partial charge in [-0.15, -0.1) is 0 Å². The predicted octanol–water partition coefficient (Wildman–Crippen LogP) is 2.89. The molecule has 0 aliphatic rings. The van der Waals surface area contributed by atoms with Gasteiger partial charge in [-0.25, -0.2) is 9.37 Å². The van der Waals surface area contributed by atoms with E-state index in [0.29, 0.717) is 23.2 Å². The van der Waals surface area contributed by atoms with E-state index >= 15 is 0 Å². The molecule has 0 aliphatic heterocycles. The van der Waals surface area contributed by atoms with E-state index in [4.69, 9.17) is 4.74 Å². The van der Waals surface area contributed by atoms with Crippen LogP contribution in [0.3, 0.4) is 0 Å². The molecule has 0 bridgehead atoms. The molecule has 0 saturated heterocycles. The minimum atomic E-state index is -0.560. The molecule has 6 heteroatoms. The summed E-state index contributed by atoms with van der Waals surface area (Å²) in [5.41, 5.74) is 0.711. The summed E-state index contributed by atoms with van der Waals surface area (Å²) in [4.78, 5) is 4.24. The molecular weight excluding hydrogens is 291 g/mol. The molecule has 0 amide bonds. The molecule has 1 aromatic heterocycles. The number of aliphatic hydroxyl groups excluding tert-OH is 1. The van der Waals surface area contributed by atoms with Crippen LogP contribution in [0.25, 0.3) is 5.69 Å². The van der Waals surface area contributed by atoms with Crippen molar-refractivity contribution >= 4 is 11.8 Å². The normalized spacial score (nSPS) is 12.8. The molecule has 0 fully saturated rings. The van der Waals surface area contributed by atoms with E-state index in [9.17, 15) is 9.50 Å². The van der Waals surface area contributed by atoms with Crippen molar-refractivity contribution in [3.63, 3.8) is 0 Å². The Bertz CT molecular complexity index is 574. The van der Waals surface area contributed by atoms with E-state index in [-0.39, 0.29) is 11.9 Å². The summed E-state index contributed by atoms with van der Waals surface area (Å²) < 4.78 is 20.4. The van der Waals surface area contributed by atoms with E-state index in [1.165, 1.54) is 23.9 Å². The highest BCUT2D eigenvalue weighted by Gasteiger charge is 2.11. The molecule has 1 N–H and O–H groups in total. The monoisotopic (exact) mass is 310 g/mol. The molecular formula is C15H19FN2O2S. The number of aliphatic hydroxyl groups is 1. The van der Waals surface area contributed by atoms with Crippen molar-refractivity contribution in [1.82, 2.24) is 9.55 Å². The van der Waals surface area contributed by atoms with Gasteiger partial charge in [-0.2, -0.15) is 0 Å². The van der Waals surface area contributed by atoms with Crippen molar-refractivity contribution in [2.45, 2.75) is 31.2 Å². The van der Waals surface area contributed by atoms with Gasteiger partial charge in [-0.1, -0.05) is 17.8 Å². The maximum absolute atomic E-state index is 13.3. The number of hydrogen-bond acceptors (Lipinski definition) is 4. The lowest BCUT2D eigenvalue weighted by molar-refractivity contribution is 0.0152. The van der Waals surface area contributed by atoms with Crippen molar-refractivity contribution in [3.05, 3.63) is 42.5 Å². The second-order valence-electron chi connectivity index (χ2n) is 4.91. The first-order valence-electron chi connectivity index (χ1n) is 6.78. The van der Waals surface area contributed by atoms with Crippen LogP contribution in [0.4, 0.5) is 4.39 Å². The average Bonchev–Trinajstić information content (AvgIpc) is 2.91. The van der Waals surface area contributed by atoms with Crippen LogP contribution in [0.2, 0.25) is 0 Å². The molecule has 1 unspecified atom stereocenters. The number of hydrogen-bond donors (Lipinski definition) is 1. The first kappa shape index (κ1) is 16.0. The Hall–Kier alpha value is -1.37. The first-order chi connectivity index (χ1) is 10.1. The standard InChI is InChI=1S/C15H19FN2O2S/c1-11(2)20-9-14(19)10-21-15-17-6-7-18(15)13-5-3-4-12(16)8-13/h3-8,11,14,19H,9-10H2,1-2H3. The Morgan fingerprint density at radius 2 is 2.24 bits per heavy atom. The molecule has 1 atom stereocenters. The van der Waals surface area contributed by atoms with Gasteiger partial charge >= 0.3 is 0 Å². The Balaban J connectivity index is 1.98. The topological polar surface area (TPSA) is 47.3 Å². The summed E-state index contributed by atoms with van der Waals surface area (Å²) in [6.45, 7) is 4.15. The van der Waals surface area contributed by atoms with Gasteiger partial charge in [-0.05, 0) is 32.0 Å². The van der Waals surface area contributed by atoms with Crippen LogP contribution in [0.1, 0.15) is 13.8 Å². The first-order valence-corrected chi connectivity index (χ1v) is 7.76. The van der Waals surface area contributed by atoms with Gasteiger partial charge in [0, 0.05) is 18.1 Å². The molecule has 1 aromatic carbocycles. The minimum absolute atomic E-state index is 0.0962. The highest BCUT2D eigenvalue weighted by atomic mass is 32.2. The molecule has 2 rings (SSSR count). The van der Waals surface area contributed by atoms with Crippen molar-refractivity contribution in [2.75, 3.05) is 12.4 Å². The fraction of sp³-hybridized carbons (Fsp3) is 0.400. The lowest BCUT2D eigenvalue weighted by Crippen LogP contribution is -2.20. The van der Waals surface area contributed by atoms with Gasteiger partial charge in [0.15, 0.2) is 5.16 Å². The fourth-order valence-electron chi connectivity index (χ4n) is 1.74. The zero-order chi connectivity index (χ0) is 15.2. The van der Waals surface area contributed by atoms with Crippen LogP contribution in [0.5, 0.6) is 0 Å². The van der Waals surface area contributed by atoms with Crippen LogP contribution in [0.15, 0.2) is 41.8 Å². The van der Waals surface area contributed by atoms with Gasteiger partial charge in [0.2, 0.25) is 0 Å². The number of halogens is 1. The number of aromatic nitrogens is 2. The van der Waals surface area contributed by atoms with E-state index in [1.54, 1.807) is 23.0 Å². The third-order valence-corrected chi connectivity index (χ3v) is 3.83. The lowest BCUT2D eigenvalue weighted by atomic mass is 10.3. The number of ether oxygens (including phenoxy) is 1. The Morgan fingerprint density at radius 3 is 2.95 bits per heavy atom. The van der Waals surface area contributed by atoms with Crippen LogP contribution < -0.4 is 0 Å². The summed E-state index contributed by atoms with van der Waals surface area (Å²) in [6.07, 6.45) is 2.97. The summed E-state index contributed by atoms with van der Waals surface area (Å²) in [5, 5.41) is 10.6. The molecule has 2 aromatic rings. The Kier molecular flexibility index (Phi) is 5.78. The third kappa shape index (κ3) is 4.84. The van der Waals surface area contributed by atoms with Crippen LogP contribution in [0, 0.1) is 5.82 Å². The van der Waals surface area contributed by atoms with E-state index in [1.807, 2.05) is 19.9 Å². The second kappa shape index (κ2) is 7.59. The summed E-state index contributed by atoms with van der Waals surface area (Å²) in [7, 11) is 0. The maximum atomic E-state index is 13.3. The SMILES string of the molecule is CC(C)OCC(O)CSc1nccn1-c1cccc(F)c1. The molecule has 1 heterocycles. The minimum Gasteiger partial charge on any atom is -0.390 e. The number of rotatable bonds is 7. The summed E-state index contributed by atoms with van der Waals surface area (Å²) in [5.74, 6) is 0.182. The van der Waals surface area contributed by atoms with Crippen molar-refractivity contribution in [2.24, 2.45) is 0 Å². The van der Waals surface area contributed by atoms with Crippen LogP contribution >= 0.6 is 11.8 Å². The van der Waals surface area contributed by atoms with Crippen molar-refractivity contribution in [3.8, 4) is 5.69 Å². The third-order valence-electron chi connectivity index (χ3n) is 2.72. The molecule has 0 spiro atoms. The van der Waals surface area contributed by atoms with Crippen LogP contribution in [-0.4, -0.2) is 39.2 Å². The molecule has 4 nitrogen and oxygen atoms in total. The van der Waals surface area contributed by atoms with Crippen molar-refractivity contribution in [1.29, 1.82) is 0 Å². The van der Waals surface area contributed by atoms with Gasteiger partial charge in [-0.3, -0.25) is 4.57 Å². The molecule has 114 valence electrons. The number of benzene rings is 1. The number of nitrogens with zero attached hydrogens (tertiary/aromatic N) is 2. The Labute approximate surface area is 128 Å².